The predicted octanol–water partition coefficient (Wildman–Crippen LogP) is 4.17. The van der Waals surface area contributed by atoms with Crippen LogP contribution in [0.5, 0.6) is 11.5 Å². The minimum Gasteiger partial charge on any atom is -0.493 e. The van der Waals surface area contributed by atoms with Crippen molar-refractivity contribution in [3.63, 3.8) is 0 Å². The largest absolute Gasteiger partial charge is 0.493 e. The molecule has 6 heteroatoms. The fourth-order valence-electron chi connectivity index (χ4n) is 3.11. The van der Waals surface area contributed by atoms with E-state index in [9.17, 15) is 4.79 Å². The van der Waals surface area contributed by atoms with Gasteiger partial charge in [-0.2, -0.15) is 9.78 Å². The molecule has 3 aromatic carbocycles. The molecule has 4 aromatic rings. The molecule has 0 radical (unpaired) electrons. The minimum absolute atomic E-state index is 0.205. The van der Waals surface area contributed by atoms with E-state index in [1.807, 2.05) is 66.7 Å². The lowest BCUT2D eigenvalue weighted by atomic mass is 10.2. The molecule has 4 rings (SSSR count). The van der Waals surface area contributed by atoms with E-state index in [0.29, 0.717) is 34.8 Å². The summed E-state index contributed by atoms with van der Waals surface area (Å²) in [4.78, 5) is 17.2. The molecule has 0 unspecified atom stereocenters. The molecule has 150 valence electrons. The van der Waals surface area contributed by atoms with Crippen LogP contribution in [0, 0.1) is 6.92 Å². The molecule has 0 aliphatic carbocycles. The molecule has 0 bridgehead atoms. The third kappa shape index (κ3) is 4.07. The van der Waals surface area contributed by atoms with E-state index in [1.165, 1.54) is 4.68 Å². The maximum Gasteiger partial charge on any atom is 0.282 e. The van der Waals surface area contributed by atoms with Gasteiger partial charge in [0.25, 0.3) is 5.56 Å². The standard InChI is InChI=1S/C24H21N3O3/c1-17-26-21-11-7-6-10-20(21)24(28)27(17)25-15-19-12-13-22(23(14-19)29-2)30-16-18-8-4-3-5-9-18/h3-15H,16H2,1-2H3. The highest BCUT2D eigenvalue weighted by atomic mass is 16.5. The highest BCUT2D eigenvalue weighted by Crippen LogP contribution is 2.28. The van der Waals surface area contributed by atoms with Crippen molar-refractivity contribution in [2.45, 2.75) is 13.5 Å². The maximum absolute atomic E-state index is 12.7. The van der Waals surface area contributed by atoms with Gasteiger partial charge in [-0.3, -0.25) is 4.79 Å². The van der Waals surface area contributed by atoms with Crippen molar-refractivity contribution < 1.29 is 9.47 Å². The molecule has 0 fully saturated rings. The maximum atomic E-state index is 12.7. The molecule has 1 heterocycles. The fraction of sp³-hybridized carbons (Fsp3) is 0.125. The van der Waals surface area contributed by atoms with Crippen LogP contribution in [0.15, 0.2) is 82.7 Å². The van der Waals surface area contributed by atoms with Crippen LogP contribution in [0.3, 0.4) is 0 Å². The molecule has 0 aliphatic heterocycles. The van der Waals surface area contributed by atoms with Crippen molar-refractivity contribution in [2.75, 3.05) is 7.11 Å². The van der Waals surface area contributed by atoms with E-state index in [2.05, 4.69) is 10.1 Å². The van der Waals surface area contributed by atoms with Gasteiger partial charge < -0.3 is 9.47 Å². The predicted molar refractivity (Wildman–Crippen MR) is 118 cm³/mol. The van der Waals surface area contributed by atoms with Crippen LogP contribution in [0.2, 0.25) is 0 Å². The lowest BCUT2D eigenvalue weighted by Gasteiger charge is -2.11. The second kappa shape index (κ2) is 8.61. The highest BCUT2D eigenvalue weighted by Gasteiger charge is 2.08. The number of fused-ring (bicyclic) bond motifs is 1. The summed E-state index contributed by atoms with van der Waals surface area (Å²) in [5.41, 5.74) is 2.30. The van der Waals surface area contributed by atoms with E-state index >= 15 is 0 Å². The Labute approximate surface area is 174 Å². The molecule has 0 spiro atoms. The van der Waals surface area contributed by atoms with E-state index in [4.69, 9.17) is 9.47 Å². The number of hydrogen-bond donors (Lipinski definition) is 0. The zero-order chi connectivity index (χ0) is 20.9. The molecule has 0 saturated carbocycles. The van der Waals surface area contributed by atoms with E-state index < -0.39 is 0 Å². The van der Waals surface area contributed by atoms with Crippen molar-refractivity contribution in [3.8, 4) is 11.5 Å². The SMILES string of the molecule is COc1cc(C=Nn2c(C)nc3ccccc3c2=O)ccc1OCc1ccccc1. The van der Waals surface area contributed by atoms with Gasteiger partial charge in [-0.05, 0) is 48.4 Å². The molecule has 6 nitrogen and oxygen atoms in total. The fourth-order valence-corrected chi connectivity index (χ4v) is 3.11. The average Bonchev–Trinajstić information content (AvgIpc) is 2.78. The molecule has 30 heavy (non-hydrogen) atoms. The number of rotatable bonds is 6. The number of hydrogen-bond acceptors (Lipinski definition) is 5. The van der Waals surface area contributed by atoms with Gasteiger partial charge in [0.2, 0.25) is 0 Å². The van der Waals surface area contributed by atoms with Crippen LogP contribution in [0.4, 0.5) is 0 Å². The first kappa shape index (κ1) is 19.4. The van der Waals surface area contributed by atoms with Crippen molar-refractivity contribution in [1.82, 2.24) is 9.66 Å². The molecule has 0 atom stereocenters. The first-order valence-electron chi connectivity index (χ1n) is 9.53. The Morgan fingerprint density at radius 2 is 1.77 bits per heavy atom. The summed E-state index contributed by atoms with van der Waals surface area (Å²) in [6, 6.07) is 22.7. The second-order valence-electron chi connectivity index (χ2n) is 6.72. The van der Waals surface area contributed by atoms with Crippen molar-refractivity contribution in [1.29, 1.82) is 0 Å². The zero-order valence-corrected chi connectivity index (χ0v) is 16.8. The van der Waals surface area contributed by atoms with Crippen LogP contribution < -0.4 is 15.0 Å². The van der Waals surface area contributed by atoms with Crippen LogP contribution in [0.25, 0.3) is 10.9 Å². The van der Waals surface area contributed by atoms with Crippen molar-refractivity contribution in [2.24, 2.45) is 5.10 Å². The van der Waals surface area contributed by atoms with Gasteiger partial charge in [0, 0.05) is 0 Å². The molecule has 0 N–H and O–H groups in total. The molecule has 0 saturated heterocycles. The Morgan fingerprint density at radius 3 is 2.57 bits per heavy atom. The van der Waals surface area contributed by atoms with Crippen LogP contribution in [-0.2, 0) is 6.61 Å². The van der Waals surface area contributed by atoms with E-state index in [-0.39, 0.29) is 5.56 Å². The smallest absolute Gasteiger partial charge is 0.282 e. The summed E-state index contributed by atoms with van der Waals surface area (Å²) in [7, 11) is 1.59. The van der Waals surface area contributed by atoms with E-state index in [0.717, 1.165) is 11.1 Å². The molecular formula is C24H21N3O3. The summed E-state index contributed by atoms with van der Waals surface area (Å²) in [5, 5.41) is 4.87. The Kier molecular flexibility index (Phi) is 5.57. The second-order valence-corrected chi connectivity index (χ2v) is 6.72. The van der Waals surface area contributed by atoms with Gasteiger partial charge in [-0.15, -0.1) is 0 Å². The normalized spacial score (nSPS) is 11.1. The third-order valence-corrected chi connectivity index (χ3v) is 4.66. The first-order valence-corrected chi connectivity index (χ1v) is 9.53. The number of para-hydroxylation sites is 1. The lowest BCUT2D eigenvalue weighted by Crippen LogP contribution is -2.20. The summed E-state index contributed by atoms with van der Waals surface area (Å²) in [6.07, 6.45) is 1.61. The highest BCUT2D eigenvalue weighted by molar-refractivity contribution is 5.81. The summed E-state index contributed by atoms with van der Waals surface area (Å²) >= 11 is 0. The van der Waals surface area contributed by atoms with Gasteiger partial charge in [0.1, 0.15) is 12.4 Å². The van der Waals surface area contributed by atoms with Crippen LogP contribution >= 0.6 is 0 Å². The van der Waals surface area contributed by atoms with Gasteiger partial charge >= 0.3 is 0 Å². The van der Waals surface area contributed by atoms with Crippen LogP contribution in [-0.4, -0.2) is 23.0 Å². The number of nitrogens with zero attached hydrogens (tertiary/aromatic N) is 3. The molecule has 0 amide bonds. The van der Waals surface area contributed by atoms with Gasteiger partial charge in [-0.25, -0.2) is 4.98 Å². The van der Waals surface area contributed by atoms with Gasteiger partial charge in [-0.1, -0.05) is 42.5 Å². The van der Waals surface area contributed by atoms with Gasteiger partial charge in [0.15, 0.2) is 11.5 Å². The number of methoxy groups -OCH3 is 1. The number of aryl methyl sites for hydroxylation is 1. The minimum atomic E-state index is -0.205. The first-order chi connectivity index (χ1) is 14.7. The zero-order valence-electron chi connectivity index (χ0n) is 16.8. The summed E-state index contributed by atoms with van der Waals surface area (Å²) in [5.74, 6) is 1.75. The summed E-state index contributed by atoms with van der Waals surface area (Å²) in [6.45, 7) is 2.20. The Morgan fingerprint density at radius 1 is 1.00 bits per heavy atom. The van der Waals surface area contributed by atoms with Gasteiger partial charge in [0.05, 0.1) is 24.2 Å². The lowest BCUT2D eigenvalue weighted by molar-refractivity contribution is 0.284. The Hall–Kier alpha value is -3.93. The van der Waals surface area contributed by atoms with Crippen molar-refractivity contribution in [3.05, 3.63) is 100 Å². The van der Waals surface area contributed by atoms with Crippen LogP contribution in [0.1, 0.15) is 17.0 Å². The molecule has 0 aliphatic rings. The Bertz CT molecular complexity index is 1260. The monoisotopic (exact) mass is 399 g/mol. The number of benzene rings is 3. The van der Waals surface area contributed by atoms with E-state index in [1.54, 1.807) is 26.3 Å². The quantitative estimate of drug-likeness (QED) is 0.456. The Balaban J connectivity index is 1.58. The topological polar surface area (TPSA) is 65.7 Å². The molecular weight excluding hydrogens is 378 g/mol. The average molecular weight is 399 g/mol. The third-order valence-electron chi connectivity index (χ3n) is 4.66. The van der Waals surface area contributed by atoms with Crippen molar-refractivity contribution >= 4 is 17.1 Å². The number of ether oxygens (including phenoxy) is 2. The summed E-state index contributed by atoms with van der Waals surface area (Å²) < 4.78 is 12.6. The molecule has 1 aromatic heterocycles. The number of aromatic nitrogens is 2.